The van der Waals surface area contributed by atoms with Gasteiger partial charge in [0.25, 0.3) is 0 Å². The highest BCUT2D eigenvalue weighted by Gasteiger charge is 1.96. The Hall–Kier alpha value is -1.52. The van der Waals surface area contributed by atoms with E-state index in [9.17, 15) is 4.79 Å². The van der Waals surface area contributed by atoms with Crippen molar-refractivity contribution in [1.82, 2.24) is 15.3 Å². The fraction of sp³-hybridized carbons (Fsp3) is 0.333. The highest BCUT2D eigenvalue weighted by Crippen LogP contribution is 1.95. The largest absolute Gasteiger partial charge is 0.369 e. The number of hydrogen-bond donors (Lipinski definition) is 3. The minimum Gasteiger partial charge on any atom is -0.369 e. The van der Waals surface area contributed by atoms with E-state index >= 15 is 0 Å². The van der Waals surface area contributed by atoms with Gasteiger partial charge in [0, 0.05) is 6.92 Å². The Morgan fingerprint density at radius 2 is 2.64 bits per heavy atom. The van der Waals surface area contributed by atoms with Crippen LogP contribution in [0.2, 0.25) is 0 Å². The van der Waals surface area contributed by atoms with Gasteiger partial charge in [-0.05, 0) is 0 Å². The standard InChI is InChI=1S/C6H10N4O/c1-4(11)8-2-5-3-9-6(7)10-5/h3H,2H2,1H3,(H,8,11)(H3,7,9,10). The molecule has 0 saturated carbocycles. The van der Waals surface area contributed by atoms with Crippen LogP contribution in [0.1, 0.15) is 12.6 Å². The molecule has 5 heteroatoms. The molecule has 11 heavy (non-hydrogen) atoms. The lowest BCUT2D eigenvalue weighted by Crippen LogP contribution is -2.19. The van der Waals surface area contributed by atoms with Gasteiger partial charge in [0.05, 0.1) is 18.4 Å². The molecule has 1 aromatic rings. The van der Waals surface area contributed by atoms with Crippen molar-refractivity contribution in [3.8, 4) is 0 Å². The van der Waals surface area contributed by atoms with Gasteiger partial charge in [-0.2, -0.15) is 0 Å². The molecule has 0 unspecified atom stereocenters. The summed E-state index contributed by atoms with van der Waals surface area (Å²) in [5.41, 5.74) is 6.11. The summed E-state index contributed by atoms with van der Waals surface area (Å²) in [6, 6.07) is 0. The molecule has 0 aliphatic rings. The van der Waals surface area contributed by atoms with E-state index in [4.69, 9.17) is 5.73 Å². The number of rotatable bonds is 2. The lowest BCUT2D eigenvalue weighted by atomic mass is 10.5. The Labute approximate surface area is 64.0 Å². The van der Waals surface area contributed by atoms with Crippen molar-refractivity contribution in [3.05, 3.63) is 11.9 Å². The van der Waals surface area contributed by atoms with Gasteiger partial charge in [-0.3, -0.25) is 4.79 Å². The third-order valence-corrected chi connectivity index (χ3v) is 1.18. The maximum atomic E-state index is 10.4. The molecule has 0 aliphatic heterocycles. The van der Waals surface area contributed by atoms with Crippen LogP contribution in [-0.2, 0) is 11.3 Å². The molecule has 4 N–H and O–H groups in total. The minimum absolute atomic E-state index is 0.0711. The molecule has 0 atom stereocenters. The number of nitrogens with two attached hydrogens (primary N) is 1. The van der Waals surface area contributed by atoms with E-state index in [1.165, 1.54) is 6.92 Å². The molecule has 5 nitrogen and oxygen atoms in total. The minimum atomic E-state index is -0.0711. The van der Waals surface area contributed by atoms with Crippen molar-refractivity contribution in [2.45, 2.75) is 13.5 Å². The number of hydrogen-bond acceptors (Lipinski definition) is 3. The SMILES string of the molecule is CC(=O)NCc1cnc(N)[nH]1. The van der Waals surface area contributed by atoms with Crippen molar-refractivity contribution >= 4 is 11.9 Å². The summed E-state index contributed by atoms with van der Waals surface area (Å²) in [6.45, 7) is 1.90. The number of carbonyl (C=O) groups is 1. The Morgan fingerprint density at radius 3 is 3.09 bits per heavy atom. The molecule has 1 aromatic heterocycles. The normalized spacial score (nSPS) is 9.55. The van der Waals surface area contributed by atoms with E-state index in [0.717, 1.165) is 5.69 Å². The van der Waals surface area contributed by atoms with E-state index < -0.39 is 0 Å². The van der Waals surface area contributed by atoms with Gasteiger partial charge in [-0.1, -0.05) is 0 Å². The number of H-pyrrole nitrogens is 1. The van der Waals surface area contributed by atoms with Crippen molar-refractivity contribution in [1.29, 1.82) is 0 Å². The summed E-state index contributed by atoms with van der Waals surface area (Å²) in [4.78, 5) is 17.0. The second-order valence-electron chi connectivity index (χ2n) is 2.20. The number of amides is 1. The zero-order valence-electron chi connectivity index (χ0n) is 6.22. The fourth-order valence-electron chi connectivity index (χ4n) is 0.686. The van der Waals surface area contributed by atoms with Crippen LogP contribution in [0, 0.1) is 0 Å². The summed E-state index contributed by atoms with van der Waals surface area (Å²) < 4.78 is 0. The first kappa shape index (κ1) is 7.59. The zero-order valence-corrected chi connectivity index (χ0v) is 6.22. The number of nitrogens with one attached hydrogen (secondary N) is 2. The smallest absolute Gasteiger partial charge is 0.217 e. The van der Waals surface area contributed by atoms with Crippen LogP contribution in [0.4, 0.5) is 5.95 Å². The van der Waals surface area contributed by atoms with Gasteiger partial charge in [0.2, 0.25) is 5.91 Å². The number of nitrogen functional groups attached to an aromatic ring is 1. The quantitative estimate of drug-likeness (QED) is 0.543. The lowest BCUT2D eigenvalue weighted by Gasteiger charge is -1.96. The second kappa shape index (κ2) is 3.05. The average molecular weight is 154 g/mol. The van der Waals surface area contributed by atoms with Gasteiger partial charge < -0.3 is 16.0 Å². The molecule has 1 amide bonds. The number of carbonyl (C=O) groups excluding carboxylic acids is 1. The van der Waals surface area contributed by atoms with Crippen LogP contribution in [0.25, 0.3) is 0 Å². The third-order valence-electron chi connectivity index (χ3n) is 1.18. The lowest BCUT2D eigenvalue weighted by molar-refractivity contribution is -0.119. The summed E-state index contributed by atoms with van der Waals surface area (Å²) in [7, 11) is 0. The molecular weight excluding hydrogens is 144 g/mol. The fourth-order valence-corrected chi connectivity index (χ4v) is 0.686. The van der Waals surface area contributed by atoms with E-state index in [1.807, 2.05) is 0 Å². The number of imidazole rings is 1. The topological polar surface area (TPSA) is 83.8 Å². The molecule has 0 spiro atoms. The van der Waals surface area contributed by atoms with Gasteiger partial charge >= 0.3 is 0 Å². The molecule has 0 aromatic carbocycles. The van der Waals surface area contributed by atoms with Crippen molar-refractivity contribution in [2.75, 3.05) is 5.73 Å². The summed E-state index contributed by atoms with van der Waals surface area (Å²) >= 11 is 0. The summed E-state index contributed by atoms with van der Waals surface area (Å²) in [5, 5.41) is 2.61. The molecule has 0 radical (unpaired) electrons. The first-order valence-corrected chi connectivity index (χ1v) is 3.22. The average Bonchev–Trinajstić information content (AvgIpc) is 2.31. The maximum absolute atomic E-state index is 10.4. The molecule has 1 heterocycles. The molecule has 0 bridgehead atoms. The summed E-state index contributed by atoms with van der Waals surface area (Å²) in [5.74, 6) is 0.295. The van der Waals surface area contributed by atoms with Crippen molar-refractivity contribution < 1.29 is 4.79 Å². The predicted octanol–water partition coefficient (Wildman–Crippen LogP) is -0.372. The Morgan fingerprint density at radius 1 is 1.91 bits per heavy atom. The van der Waals surface area contributed by atoms with E-state index in [2.05, 4.69) is 15.3 Å². The number of aromatic nitrogens is 2. The highest BCUT2D eigenvalue weighted by molar-refractivity contribution is 5.72. The van der Waals surface area contributed by atoms with Gasteiger partial charge in [-0.25, -0.2) is 4.98 Å². The number of anilines is 1. The van der Waals surface area contributed by atoms with Crippen molar-refractivity contribution in [3.63, 3.8) is 0 Å². The van der Waals surface area contributed by atoms with Crippen LogP contribution in [0.5, 0.6) is 0 Å². The molecule has 0 aliphatic carbocycles. The number of nitrogens with zero attached hydrogens (tertiary/aromatic N) is 1. The first-order chi connectivity index (χ1) is 5.18. The molecule has 60 valence electrons. The second-order valence-corrected chi connectivity index (χ2v) is 2.20. The van der Waals surface area contributed by atoms with Crippen LogP contribution >= 0.6 is 0 Å². The third kappa shape index (κ3) is 2.29. The Bertz CT molecular complexity index is 255. The molecule has 0 fully saturated rings. The van der Waals surface area contributed by atoms with E-state index in [0.29, 0.717) is 12.5 Å². The van der Waals surface area contributed by atoms with Gasteiger partial charge in [0.1, 0.15) is 0 Å². The van der Waals surface area contributed by atoms with Crippen LogP contribution in [0.3, 0.4) is 0 Å². The molecule has 0 saturated heterocycles. The zero-order chi connectivity index (χ0) is 8.27. The highest BCUT2D eigenvalue weighted by atomic mass is 16.1. The predicted molar refractivity (Wildman–Crippen MR) is 40.5 cm³/mol. The molecule has 1 rings (SSSR count). The van der Waals surface area contributed by atoms with Gasteiger partial charge in [-0.15, -0.1) is 0 Å². The van der Waals surface area contributed by atoms with Crippen LogP contribution in [0.15, 0.2) is 6.20 Å². The first-order valence-electron chi connectivity index (χ1n) is 3.22. The number of aromatic amines is 1. The van der Waals surface area contributed by atoms with Crippen LogP contribution in [-0.4, -0.2) is 15.9 Å². The van der Waals surface area contributed by atoms with E-state index in [1.54, 1.807) is 6.20 Å². The van der Waals surface area contributed by atoms with Crippen LogP contribution < -0.4 is 11.1 Å². The maximum Gasteiger partial charge on any atom is 0.217 e. The monoisotopic (exact) mass is 154 g/mol. The molecular formula is C6H10N4O. The van der Waals surface area contributed by atoms with E-state index in [-0.39, 0.29) is 5.91 Å². The Kier molecular flexibility index (Phi) is 2.10. The van der Waals surface area contributed by atoms with Crippen molar-refractivity contribution in [2.24, 2.45) is 0 Å². The summed E-state index contributed by atoms with van der Waals surface area (Å²) in [6.07, 6.45) is 1.59. The van der Waals surface area contributed by atoms with Gasteiger partial charge in [0.15, 0.2) is 5.95 Å². The Balaban J connectivity index is 2.45.